The third kappa shape index (κ3) is 2.50. The lowest BCUT2D eigenvalue weighted by Crippen LogP contribution is -2.08. The third-order valence-electron chi connectivity index (χ3n) is 0.855. The van der Waals surface area contributed by atoms with E-state index < -0.39 is 6.09 Å². The van der Waals surface area contributed by atoms with Crippen molar-refractivity contribution in [2.45, 2.75) is 0 Å². The number of carboxylic acid groups (broad SMARTS) is 1. The molecule has 0 unspecified atom stereocenters. The summed E-state index contributed by atoms with van der Waals surface area (Å²) in [6.45, 7) is 0. The van der Waals surface area contributed by atoms with Crippen molar-refractivity contribution >= 4 is 27.8 Å². The van der Waals surface area contributed by atoms with Crippen molar-refractivity contribution in [2.24, 2.45) is 0 Å². The largest absolute Gasteiger partial charge is 0.465 e. The van der Waals surface area contributed by atoms with E-state index in [0.717, 1.165) is 0 Å². The van der Waals surface area contributed by atoms with E-state index in [1.54, 1.807) is 0 Å². The minimum Gasteiger partial charge on any atom is -0.465 e. The Balaban J connectivity index is 2.74. The quantitative estimate of drug-likeness (QED) is 0.745. The summed E-state index contributed by atoms with van der Waals surface area (Å²) in [6, 6.07) is 0. The molecule has 1 amide bonds. The number of rotatable bonds is 1. The molecule has 5 nitrogen and oxygen atoms in total. The molecule has 6 heteroatoms. The fourth-order valence-corrected chi connectivity index (χ4v) is 0.691. The third-order valence-corrected chi connectivity index (χ3v) is 1.26. The van der Waals surface area contributed by atoms with Crippen LogP contribution in [0, 0.1) is 0 Å². The molecule has 0 atom stereocenters. The van der Waals surface area contributed by atoms with Crippen molar-refractivity contribution in [3.63, 3.8) is 0 Å². The van der Waals surface area contributed by atoms with E-state index in [1.807, 2.05) is 0 Å². The van der Waals surface area contributed by atoms with Gasteiger partial charge >= 0.3 is 6.09 Å². The summed E-state index contributed by atoms with van der Waals surface area (Å²) in [4.78, 5) is 17.5. The van der Waals surface area contributed by atoms with Crippen molar-refractivity contribution in [2.75, 3.05) is 5.32 Å². The number of amides is 1. The average Bonchev–Trinajstić information content (AvgIpc) is 1.93. The molecule has 1 heterocycles. The number of aromatic nitrogens is 2. The lowest BCUT2D eigenvalue weighted by atomic mass is 10.7. The molecule has 11 heavy (non-hydrogen) atoms. The molecule has 0 saturated heterocycles. The van der Waals surface area contributed by atoms with E-state index in [0.29, 0.717) is 4.60 Å². The molecule has 0 fully saturated rings. The number of nitrogens with one attached hydrogen (secondary N) is 1. The molecule has 2 N–H and O–H groups in total. The first-order valence-electron chi connectivity index (χ1n) is 2.66. The van der Waals surface area contributed by atoms with Gasteiger partial charge in [0.05, 0.1) is 12.4 Å². The highest BCUT2D eigenvalue weighted by molar-refractivity contribution is 9.10. The second kappa shape index (κ2) is 3.29. The Morgan fingerprint density at radius 2 is 2.27 bits per heavy atom. The van der Waals surface area contributed by atoms with E-state index in [2.05, 4.69) is 31.2 Å². The van der Waals surface area contributed by atoms with Gasteiger partial charge in [0.1, 0.15) is 4.60 Å². The minimum atomic E-state index is -1.15. The molecule has 0 aromatic carbocycles. The van der Waals surface area contributed by atoms with Gasteiger partial charge in [-0.2, -0.15) is 0 Å². The van der Waals surface area contributed by atoms with Crippen LogP contribution in [0.4, 0.5) is 10.6 Å². The van der Waals surface area contributed by atoms with Crippen LogP contribution in [0.25, 0.3) is 0 Å². The monoisotopic (exact) mass is 217 g/mol. The summed E-state index contributed by atoms with van der Waals surface area (Å²) in [7, 11) is 0. The number of nitrogens with zero attached hydrogens (tertiary/aromatic N) is 2. The van der Waals surface area contributed by atoms with Gasteiger partial charge in [0.25, 0.3) is 0 Å². The SMILES string of the molecule is O=C(O)Nc1cnc(Br)cn1. The number of hydrogen-bond acceptors (Lipinski definition) is 3. The summed E-state index contributed by atoms with van der Waals surface area (Å²) in [6.07, 6.45) is 1.57. The van der Waals surface area contributed by atoms with Gasteiger partial charge < -0.3 is 5.11 Å². The Hall–Kier alpha value is -1.17. The van der Waals surface area contributed by atoms with Crippen LogP contribution >= 0.6 is 15.9 Å². The summed E-state index contributed by atoms with van der Waals surface area (Å²) in [5, 5.41) is 10.3. The number of anilines is 1. The molecule has 0 bridgehead atoms. The Morgan fingerprint density at radius 1 is 1.55 bits per heavy atom. The molecule has 0 saturated carbocycles. The van der Waals surface area contributed by atoms with Gasteiger partial charge in [-0.05, 0) is 15.9 Å². The molecule has 1 aromatic rings. The van der Waals surface area contributed by atoms with E-state index in [9.17, 15) is 4.79 Å². The maximum atomic E-state index is 10.1. The standard InChI is InChI=1S/C5H4BrN3O2/c6-3-1-8-4(2-7-3)9-5(10)11/h1-2H,(H,8,9)(H,10,11). The molecule has 0 aliphatic carbocycles. The molecule has 1 aromatic heterocycles. The first kappa shape index (κ1) is 7.93. The Labute approximate surface area is 70.6 Å². The predicted octanol–water partition coefficient (Wildman–Crippen LogP) is 1.33. The van der Waals surface area contributed by atoms with Gasteiger partial charge in [0.2, 0.25) is 0 Å². The zero-order valence-electron chi connectivity index (χ0n) is 5.28. The topological polar surface area (TPSA) is 75.1 Å². The van der Waals surface area contributed by atoms with Crippen molar-refractivity contribution in [3.8, 4) is 0 Å². The van der Waals surface area contributed by atoms with E-state index in [-0.39, 0.29) is 5.82 Å². The second-order valence-electron chi connectivity index (χ2n) is 1.65. The summed E-state index contributed by atoms with van der Waals surface area (Å²) >= 11 is 3.06. The normalized spacial score (nSPS) is 9.18. The van der Waals surface area contributed by atoms with Crippen LogP contribution in [-0.2, 0) is 0 Å². The molecule has 0 spiro atoms. The maximum absolute atomic E-state index is 10.1. The van der Waals surface area contributed by atoms with Crippen LogP contribution in [0.2, 0.25) is 0 Å². The molecule has 0 aliphatic heterocycles. The molecule has 1 rings (SSSR count). The predicted molar refractivity (Wildman–Crippen MR) is 41.4 cm³/mol. The average molecular weight is 218 g/mol. The number of carbonyl (C=O) groups is 1. The highest BCUT2D eigenvalue weighted by atomic mass is 79.9. The van der Waals surface area contributed by atoms with Crippen molar-refractivity contribution in [1.82, 2.24) is 9.97 Å². The number of hydrogen-bond donors (Lipinski definition) is 2. The van der Waals surface area contributed by atoms with E-state index >= 15 is 0 Å². The van der Waals surface area contributed by atoms with Gasteiger partial charge in [-0.25, -0.2) is 14.8 Å². The molecular weight excluding hydrogens is 214 g/mol. The fourth-order valence-electron chi connectivity index (χ4n) is 0.486. The Bertz CT molecular complexity index is 261. The van der Waals surface area contributed by atoms with Crippen LogP contribution in [0.1, 0.15) is 0 Å². The Kier molecular flexibility index (Phi) is 2.37. The highest BCUT2D eigenvalue weighted by Gasteiger charge is 1.97. The molecular formula is C5H4BrN3O2. The van der Waals surface area contributed by atoms with Crippen LogP contribution in [0.15, 0.2) is 17.0 Å². The van der Waals surface area contributed by atoms with Crippen LogP contribution in [0.3, 0.4) is 0 Å². The molecule has 0 radical (unpaired) electrons. The van der Waals surface area contributed by atoms with Crippen LogP contribution in [-0.4, -0.2) is 21.2 Å². The van der Waals surface area contributed by atoms with Crippen LogP contribution in [0.5, 0.6) is 0 Å². The van der Waals surface area contributed by atoms with E-state index in [1.165, 1.54) is 12.4 Å². The van der Waals surface area contributed by atoms with Crippen LogP contribution < -0.4 is 5.32 Å². The van der Waals surface area contributed by atoms with Crippen molar-refractivity contribution in [3.05, 3.63) is 17.0 Å². The Morgan fingerprint density at radius 3 is 2.73 bits per heavy atom. The van der Waals surface area contributed by atoms with Gasteiger partial charge in [0, 0.05) is 0 Å². The minimum absolute atomic E-state index is 0.209. The first-order valence-corrected chi connectivity index (χ1v) is 3.45. The van der Waals surface area contributed by atoms with Gasteiger partial charge in [-0.3, -0.25) is 5.32 Å². The van der Waals surface area contributed by atoms with Gasteiger partial charge in [0.15, 0.2) is 5.82 Å². The summed E-state index contributed by atoms with van der Waals surface area (Å²) in [5.41, 5.74) is 0. The van der Waals surface area contributed by atoms with Crippen molar-refractivity contribution in [1.29, 1.82) is 0 Å². The summed E-state index contributed by atoms with van der Waals surface area (Å²) < 4.78 is 0.563. The van der Waals surface area contributed by atoms with Crippen molar-refractivity contribution < 1.29 is 9.90 Å². The molecule has 58 valence electrons. The maximum Gasteiger partial charge on any atom is 0.410 e. The van der Waals surface area contributed by atoms with Gasteiger partial charge in [-0.15, -0.1) is 0 Å². The lowest BCUT2D eigenvalue weighted by Gasteiger charge is -1.96. The zero-order valence-corrected chi connectivity index (χ0v) is 6.87. The molecule has 0 aliphatic rings. The highest BCUT2D eigenvalue weighted by Crippen LogP contribution is 2.05. The fraction of sp³-hybridized carbons (Fsp3) is 0. The number of halogens is 1. The zero-order chi connectivity index (χ0) is 8.27. The smallest absolute Gasteiger partial charge is 0.410 e. The summed E-state index contributed by atoms with van der Waals surface area (Å²) in [5.74, 6) is 0.209. The lowest BCUT2D eigenvalue weighted by molar-refractivity contribution is 0.209. The first-order chi connectivity index (χ1) is 5.18. The van der Waals surface area contributed by atoms with E-state index in [4.69, 9.17) is 5.11 Å². The second-order valence-corrected chi connectivity index (χ2v) is 2.47. The van der Waals surface area contributed by atoms with Gasteiger partial charge in [-0.1, -0.05) is 0 Å².